The number of likely N-dealkylation sites (tertiary alicyclic amines) is 1. The number of aromatic amines is 1. The summed E-state index contributed by atoms with van der Waals surface area (Å²) in [7, 11) is 0. The zero-order valence-corrected chi connectivity index (χ0v) is 13.9. The second-order valence-electron chi connectivity index (χ2n) is 6.33. The Hall–Kier alpha value is -1.62. The van der Waals surface area contributed by atoms with Crippen LogP contribution in [0, 0.1) is 12.8 Å². The van der Waals surface area contributed by atoms with Gasteiger partial charge >= 0.3 is 0 Å². The summed E-state index contributed by atoms with van der Waals surface area (Å²) in [6.07, 6.45) is 2.03. The van der Waals surface area contributed by atoms with Crippen molar-refractivity contribution in [2.45, 2.75) is 53.1 Å². The predicted molar refractivity (Wildman–Crippen MR) is 85.2 cm³/mol. The van der Waals surface area contributed by atoms with Gasteiger partial charge in [-0.2, -0.15) is 0 Å². The lowest BCUT2D eigenvalue weighted by atomic mass is 10.0. The minimum absolute atomic E-state index is 0.000436. The van der Waals surface area contributed by atoms with Crippen molar-refractivity contribution >= 4 is 11.7 Å². The number of aromatic nitrogens is 1. The quantitative estimate of drug-likeness (QED) is 0.820. The van der Waals surface area contributed by atoms with E-state index in [0.29, 0.717) is 30.8 Å². The number of aryl methyl sites for hydroxylation is 1. The molecule has 5 heteroatoms. The standard InChI is InChI=1S/C17H26N2O3/c1-5-6-14-15(12(4)21)10(2)18-16(14)17(22)19-8-7-13(9-19)11(3)20/h11,13,18,20H,5-9H2,1-4H3. The average Bonchev–Trinajstić information content (AvgIpc) is 3.03. The molecular formula is C17H26N2O3. The molecule has 0 radical (unpaired) electrons. The number of rotatable bonds is 5. The number of carbonyl (C=O) groups is 2. The number of hydrogen-bond acceptors (Lipinski definition) is 3. The van der Waals surface area contributed by atoms with Crippen molar-refractivity contribution in [1.29, 1.82) is 0 Å². The summed E-state index contributed by atoms with van der Waals surface area (Å²) >= 11 is 0. The van der Waals surface area contributed by atoms with E-state index in [1.54, 1.807) is 18.7 Å². The van der Waals surface area contributed by atoms with Crippen LogP contribution in [0.5, 0.6) is 0 Å². The van der Waals surface area contributed by atoms with E-state index >= 15 is 0 Å². The Balaban J connectivity index is 2.30. The van der Waals surface area contributed by atoms with Gasteiger partial charge in [-0.3, -0.25) is 9.59 Å². The Bertz CT molecular complexity index is 575. The van der Waals surface area contributed by atoms with E-state index < -0.39 is 6.10 Å². The first-order valence-electron chi connectivity index (χ1n) is 8.06. The number of ketones is 1. The molecule has 0 saturated carbocycles. The van der Waals surface area contributed by atoms with Crippen LogP contribution in [0.4, 0.5) is 0 Å². The first-order chi connectivity index (χ1) is 10.4. The highest BCUT2D eigenvalue weighted by Gasteiger charge is 2.32. The van der Waals surface area contributed by atoms with Gasteiger partial charge in [-0.15, -0.1) is 0 Å². The van der Waals surface area contributed by atoms with Crippen LogP contribution in [0.2, 0.25) is 0 Å². The highest BCUT2D eigenvalue weighted by Crippen LogP contribution is 2.26. The average molecular weight is 306 g/mol. The van der Waals surface area contributed by atoms with Crippen LogP contribution in [-0.4, -0.2) is 45.9 Å². The third kappa shape index (κ3) is 3.09. The molecule has 1 saturated heterocycles. The van der Waals surface area contributed by atoms with Gasteiger partial charge in [0.25, 0.3) is 5.91 Å². The van der Waals surface area contributed by atoms with Crippen molar-refractivity contribution in [3.8, 4) is 0 Å². The van der Waals surface area contributed by atoms with Crippen molar-refractivity contribution in [3.05, 3.63) is 22.5 Å². The topological polar surface area (TPSA) is 73.4 Å². The van der Waals surface area contributed by atoms with E-state index in [2.05, 4.69) is 4.98 Å². The fraction of sp³-hybridized carbons (Fsp3) is 0.647. The monoisotopic (exact) mass is 306 g/mol. The van der Waals surface area contributed by atoms with Crippen molar-refractivity contribution in [2.75, 3.05) is 13.1 Å². The molecule has 5 nitrogen and oxygen atoms in total. The second kappa shape index (κ2) is 6.65. The number of Topliss-reactive ketones (excluding diaryl/α,β-unsaturated/α-hetero) is 1. The summed E-state index contributed by atoms with van der Waals surface area (Å²) in [5, 5.41) is 9.69. The normalized spacial score (nSPS) is 19.5. The molecule has 2 rings (SSSR count). The van der Waals surface area contributed by atoms with Crippen molar-refractivity contribution in [3.63, 3.8) is 0 Å². The molecule has 122 valence electrons. The fourth-order valence-corrected chi connectivity index (χ4v) is 3.36. The Morgan fingerprint density at radius 2 is 2.14 bits per heavy atom. The highest BCUT2D eigenvalue weighted by atomic mass is 16.3. The van der Waals surface area contributed by atoms with Gasteiger partial charge in [0.15, 0.2) is 5.78 Å². The SMILES string of the molecule is CCCc1c(C(=O)N2CCC(C(C)O)C2)[nH]c(C)c1C(C)=O. The van der Waals surface area contributed by atoms with Crippen LogP contribution in [0.3, 0.4) is 0 Å². The molecule has 2 N–H and O–H groups in total. The van der Waals surface area contributed by atoms with Crippen molar-refractivity contribution < 1.29 is 14.7 Å². The molecule has 2 unspecified atom stereocenters. The summed E-state index contributed by atoms with van der Waals surface area (Å²) in [5.41, 5.74) is 2.83. The number of nitrogens with one attached hydrogen (secondary N) is 1. The zero-order valence-electron chi connectivity index (χ0n) is 13.9. The number of aliphatic hydroxyl groups excluding tert-OH is 1. The molecular weight excluding hydrogens is 280 g/mol. The Labute approximate surface area is 131 Å². The van der Waals surface area contributed by atoms with E-state index in [1.165, 1.54) is 0 Å². The number of nitrogens with zero attached hydrogens (tertiary/aromatic N) is 1. The first kappa shape index (κ1) is 16.7. The fourth-order valence-electron chi connectivity index (χ4n) is 3.36. The summed E-state index contributed by atoms with van der Waals surface area (Å²) in [5.74, 6) is 0.0867. The summed E-state index contributed by atoms with van der Waals surface area (Å²) in [6.45, 7) is 8.44. The molecule has 0 spiro atoms. The van der Waals surface area contributed by atoms with Crippen LogP contribution in [0.25, 0.3) is 0 Å². The lowest BCUT2D eigenvalue weighted by Gasteiger charge is -2.18. The van der Waals surface area contributed by atoms with Crippen LogP contribution >= 0.6 is 0 Å². The van der Waals surface area contributed by atoms with E-state index in [9.17, 15) is 14.7 Å². The van der Waals surface area contributed by atoms with E-state index in [0.717, 1.165) is 24.1 Å². The number of carbonyl (C=O) groups excluding carboxylic acids is 2. The van der Waals surface area contributed by atoms with Gasteiger partial charge in [-0.1, -0.05) is 13.3 Å². The molecule has 2 heterocycles. The Morgan fingerprint density at radius 1 is 1.45 bits per heavy atom. The van der Waals surface area contributed by atoms with Gasteiger partial charge in [0, 0.05) is 30.3 Å². The van der Waals surface area contributed by atoms with Gasteiger partial charge < -0.3 is 15.0 Å². The summed E-state index contributed by atoms with van der Waals surface area (Å²) in [4.78, 5) is 29.6. The van der Waals surface area contributed by atoms with Crippen LogP contribution in [0.1, 0.15) is 65.7 Å². The summed E-state index contributed by atoms with van der Waals surface area (Å²) < 4.78 is 0. The molecule has 1 aromatic heterocycles. The first-order valence-corrected chi connectivity index (χ1v) is 8.06. The Morgan fingerprint density at radius 3 is 2.64 bits per heavy atom. The van der Waals surface area contributed by atoms with Crippen LogP contribution < -0.4 is 0 Å². The van der Waals surface area contributed by atoms with Gasteiger partial charge in [0.05, 0.1) is 6.10 Å². The highest BCUT2D eigenvalue weighted by molar-refractivity contribution is 6.02. The minimum atomic E-state index is -0.397. The lowest BCUT2D eigenvalue weighted by molar-refractivity contribution is 0.0756. The number of H-pyrrole nitrogens is 1. The van der Waals surface area contributed by atoms with Gasteiger partial charge in [-0.05, 0) is 39.2 Å². The van der Waals surface area contributed by atoms with Gasteiger partial charge in [0.1, 0.15) is 5.69 Å². The third-order valence-corrected chi connectivity index (χ3v) is 4.55. The molecule has 1 aliphatic heterocycles. The maximum absolute atomic E-state index is 12.8. The summed E-state index contributed by atoms with van der Waals surface area (Å²) in [6, 6.07) is 0. The van der Waals surface area contributed by atoms with Crippen molar-refractivity contribution in [2.24, 2.45) is 5.92 Å². The number of amides is 1. The maximum Gasteiger partial charge on any atom is 0.270 e. The lowest BCUT2D eigenvalue weighted by Crippen LogP contribution is -2.31. The minimum Gasteiger partial charge on any atom is -0.393 e. The molecule has 1 aliphatic rings. The molecule has 0 bridgehead atoms. The molecule has 22 heavy (non-hydrogen) atoms. The van der Waals surface area contributed by atoms with Gasteiger partial charge in [-0.25, -0.2) is 0 Å². The number of hydrogen-bond donors (Lipinski definition) is 2. The molecule has 0 aromatic carbocycles. The third-order valence-electron chi connectivity index (χ3n) is 4.55. The molecule has 1 fully saturated rings. The predicted octanol–water partition coefficient (Wildman–Crippen LogP) is 2.32. The molecule has 1 aromatic rings. The zero-order chi connectivity index (χ0) is 16.4. The van der Waals surface area contributed by atoms with Gasteiger partial charge in [0.2, 0.25) is 0 Å². The molecule has 1 amide bonds. The number of aliphatic hydroxyl groups is 1. The second-order valence-corrected chi connectivity index (χ2v) is 6.33. The van der Waals surface area contributed by atoms with E-state index in [1.807, 2.05) is 13.8 Å². The largest absolute Gasteiger partial charge is 0.393 e. The van der Waals surface area contributed by atoms with E-state index in [4.69, 9.17) is 0 Å². The van der Waals surface area contributed by atoms with Crippen molar-refractivity contribution in [1.82, 2.24) is 9.88 Å². The molecule has 2 atom stereocenters. The maximum atomic E-state index is 12.8. The molecule has 0 aliphatic carbocycles. The van der Waals surface area contributed by atoms with E-state index in [-0.39, 0.29) is 17.6 Å². The Kier molecular flexibility index (Phi) is 5.06. The van der Waals surface area contributed by atoms with Crippen LogP contribution in [0.15, 0.2) is 0 Å². The van der Waals surface area contributed by atoms with Crippen LogP contribution in [-0.2, 0) is 6.42 Å². The smallest absolute Gasteiger partial charge is 0.270 e.